The summed E-state index contributed by atoms with van der Waals surface area (Å²) in [5.41, 5.74) is -0.441. The van der Waals surface area contributed by atoms with Crippen LogP contribution >= 0.6 is 0 Å². The van der Waals surface area contributed by atoms with Crippen LogP contribution in [0.5, 0.6) is 0 Å². The maximum Gasteiger partial charge on any atom is 0.325 e. The second kappa shape index (κ2) is 7.03. The van der Waals surface area contributed by atoms with Crippen LogP contribution in [0.3, 0.4) is 0 Å². The number of hydrogen-bond acceptors (Lipinski definition) is 7. The molecule has 0 aliphatic heterocycles. The molecule has 21 heavy (non-hydrogen) atoms. The highest BCUT2D eigenvalue weighted by Gasteiger charge is 2.24. The van der Waals surface area contributed by atoms with Gasteiger partial charge in [-0.25, -0.2) is 0 Å². The van der Waals surface area contributed by atoms with Crippen molar-refractivity contribution >= 4 is 23.5 Å². The fourth-order valence-corrected chi connectivity index (χ4v) is 1.42. The van der Waals surface area contributed by atoms with Crippen molar-refractivity contribution in [1.82, 2.24) is 9.88 Å². The third-order valence-corrected chi connectivity index (χ3v) is 2.49. The Morgan fingerprint density at radius 2 is 1.76 bits per heavy atom. The molecule has 0 unspecified atom stereocenters. The van der Waals surface area contributed by atoms with E-state index in [0.717, 1.165) is 31.4 Å². The minimum atomic E-state index is -0.765. The zero-order valence-corrected chi connectivity index (χ0v) is 11.3. The van der Waals surface area contributed by atoms with Crippen molar-refractivity contribution in [2.24, 2.45) is 0 Å². The van der Waals surface area contributed by atoms with Crippen molar-refractivity contribution < 1.29 is 28.8 Å². The lowest BCUT2D eigenvalue weighted by atomic mass is 10.3. The molecule has 1 rings (SSSR count). The van der Waals surface area contributed by atoms with Gasteiger partial charge in [0.1, 0.15) is 18.8 Å². The lowest BCUT2D eigenvalue weighted by molar-refractivity contribution is -0.384. The first-order valence-corrected chi connectivity index (χ1v) is 5.64. The summed E-state index contributed by atoms with van der Waals surface area (Å²) in [6, 6.07) is 1.00. The van der Waals surface area contributed by atoms with Crippen LogP contribution in [0.1, 0.15) is 10.5 Å². The van der Waals surface area contributed by atoms with Gasteiger partial charge in [0.05, 0.1) is 25.3 Å². The van der Waals surface area contributed by atoms with Crippen LogP contribution in [0.25, 0.3) is 0 Å². The Balaban J connectivity index is 2.94. The molecule has 0 aromatic carbocycles. The number of H-pyrrole nitrogens is 1. The molecule has 1 aromatic rings. The minimum Gasteiger partial charge on any atom is -0.468 e. The van der Waals surface area contributed by atoms with E-state index < -0.39 is 35.9 Å². The molecule has 10 nitrogen and oxygen atoms in total. The van der Waals surface area contributed by atoms with E-state index in [1.54, 1.807) is 0 Å². The number of rotatable bonds is 6. The second-order valence-electron chi connectivity index (χ2n) is 3.84. The Labute approximate surface area is 118 Å². The van der Waals surface area contributed by atoms with E-state index in [4.69, 9.17) is 0 Å². The summed E-state index contributed by atoms with van der Waals surface area (Å²) in [7, 11) is 2.26. The Bertz CT molecular complexity index is 548. The first kappa shape index (κ1) is 16.1. The van der Waals surface area contributed by atoms with Crippen LogP contribution in [-0.2, 0) is 19.1 Å². The lowest BCUT2D eigenvalue weighted by Crippen LogP contribution is -2.40. The SMILES string of the molecule is COC(=O)CN(CC(=O)OC)C(=O)c1cc([N+](=O)[O-])c[nH]1. The van der Waals surface area contributed by atoms with Crippen molar-refractivity contribution in [3.8, 4) is 0 Å². The van der Waals surface area contributed by atoms with E-state index >= 15 is 0 Å². The van der Waals surface area contributed by atoms with Crippen LogP contribution in [0.15, 0.2) is 12.3 Å². The van der Waals surface area contributed by atoms with Gasteiger partial charge >= 0.3 is 11.9 Å². The number of nitrogens with zero attached hydrogens (tertiary/aromatic N) is 2. The number of carbonyl (C=O) groups is 3. The first-order valence-electron chi connectivity index (χ1n) is 5.64. The maximum absolute atomic E-state index is 12.1. The van der Waals surface area contributed by atoms with Gasteiger partial charge in [0.25, 0.3) is 11.6 Å². The van der Waals surface area contributed by atoms with Crippen LogP contribution in [-0.4, -0.2) is 60.0 Å². The molecule has 0 saturated heterocycles. The van der Waals surface area contributed by atoms with E-state index in [1.165, 1.54) is 0 Å². The van der Waals surface area contributed by atoms with Crippen molar-refractivity contribution in [2.45, 2.75) is 0 Å². The van der Waals surface area contributed by atoms with Gasteiger partial charge in [-0.05, 0) is 0 Å². The molecule has 0 fully saturated rings. The lowest BCUT2D eigenvalue weighted by Gasteiger charge is -2.19. The van der Waals surface area contributed by atoms with Crippen LogP contribution in [0, 0.1) is 10.1 Å². The second-order valence-corrected chi connectivity index (χ2v) is 3.84. The van der Waals surface area contributed by atoms with Gasteiger partial charge in [0.2, 0.25) is 0 Å². The summed E-state index contributed by atoms with van der Waals surface area (Å²) < 4.78 is 8.84. The summed E-state index contributed by atoms with van der Waals surface area (Å²) >= 11 is 0. The number of nitro groups is 1. The number of aromatic amines is 1. The minimum absolute atomic E-state index is 0.130. The molecular formula is C11H13N3O7. The average Bonchev–Trinajstić information content (AvgIpc) is 2.95. The molecular weight excluding hydrogens is 286 g/mol. The maximum atomic E-state index is 12.1. The van der Waals surface area contributed by atoms with E-state index in [9.17, 15) is 24.5 Å². The van der Waals surface area contributed by atoms with Crippen molar-refractivity contribution in [2.75, 3.05) is 27.3 Å². The average molecular weight is 299 g/mol. The van der Waals surface area contributed by atoms with Gasteiger partial charge in [-0.15, -0.1) is 0 Å². The standard InChI is InChI=1S/C11H13N3O7/c1-20-9(15)5-13(6-10(16)21-2)11(17)8-3-7(4-12-8)14(18)19/h3-4,12H,5-6H2,1-2H3. The summed E-state index contributed by atoms with van der Waals surface area (Å²) in [5, 5.41) is 10.6. The summed E-state index contributed by atoms with van der Waals surface area (Å²) in [6.45, 7) is -0.978. The van der Waals surface area contributed by atoms with Gasteiger partial charge in [-0.1, -0.05) is 0 Å². The zero-order chi connectivity index (χ0) is 16.0. The van der Waals surface area contributed by atoms with Gasteiger partial charge in [0, 0.05) is 6.07 Å². The highest BCUT2D eigenvalue weighted by Crippen LogP contribution is 2.14. The molecule has 10 heteroatoms. The third kappa shape index (κ3) is 4.30. The molecule has 0 spiro atoms. The molecule has 0 aliphatic carbocycles. The molecule has 0 radical (unpaired) electrons. The van der Waals surface area contributed by atoms with Gasteiger partial charge in [-0.2, -0.15) is 0 Å². The predicted molar refractivity (Wildman–Crippen MR) is 67.4 cm³/mol. The Hall–Kier alpha value is -2.91. The number of ether oxygens (including phenoxy) is 2. The topological polar surface area (TPSA) is 132 Å². The monoisotopic (exact) mass is 299 g/mol. The quantitative estimate of drug-likeness (QED) is 0.433. The summed E-state index contributed by atoms with van der Waals surface area (Å²) in [6.07, 6.45) is 1.03. The van der Waals surface area contributed by atoms with Crippen molar-refractivity contribution in [1.29, 1.82) is 0 Å². The van der Waals surface area contributed by atoms with E-state index in [2.05, 4.69) is 14.5 Å². The first-order chi connectivity index (χ1) is 9.88. The molecule has 1 aromatic heterocycles. The molecule has 0 bridgehead atoms. The van der Waals surface area contributed by atoms with Crippen molar-refractivity contribution in [3.63, 3.8) is 0 Å². The number of amides is 1. The summed E-state index contributed by atoms with van der Waals surface area (Å²) in [5.74, 6) is -2.25. The Morgan fingerprint density at radius 3 is 2.14 bits per heavy atom. The normalized spacial score (nSPS) is 9.81. The Morgan fingerprint density at radius 1 is 1.24 bits per heavy atom. The predicted octanol–water partition coefficient (Wildman–Crippen LogP) is -0.289. The van der Waals surface area contributed by atoms with Gasteiger partial charge < -0.3 is 19.4 Å². The molecule has 0 atom stereocenters. The number of methoxy groups -OCH3 is 2. The smallest absolute Gasteiger partial charge is 0.325 e. The van der Waals surface area contributed by atoms with Gasteiger partial charge in [0.15, 0.2) is 0 Å². The van der Waals surface area contributed by atoms with E-state index in [0.29, 0.717) is 0 Å². The van der Waals surface area contributed by atoms with E-state index in [-0.39, 0.29) is 11.4 Å². The largest absolute Gasteiger partial charge is 0.468 e. The van der Waals surface area contributed by atoms with E-state index in [1.807, 2.05) is 0 Å². The molecule has 114 valence electrons. The number of aromatic nitrogens is 1. The highest BCUT2D eigenvalue weighted by molar-refractivity contribution is 5.96. The molecule has 0 saturated carbocycles. The molecule has 1 N–H and O–H groups in total. The van der Waals surface area contributed by atoms with Gasteiger partial charge in [-0.3, -0.25) is 24.5 Å². The van der Waals surface area contributed by atoms with Crippen LogP contribution in [0.4, 0.5) is 5.69 Å². The highest BCUT2D eigenvalue weighted by atomic mass is 16.6. The summed E-state index contributed by atoms with van der Waals surface area (Å²) in [4.78, 5) is 47.8. The molecule has 1 heterocycles. The zero-order valence-electron chi connectivity index (χ0n) is 11.3. The number of nitrogens with one attached hydrogen (secondary N) is 1. The van der Waals surface area contributed by atoms with Crippen LogP contribution in [0.2, 0.25) is 0 Å². The van der Waals surface area contributed by atoms with Crippen molar-refractivity contribution in [3.05, 3.63) is 28.1 Å². The number of esters is 2. The number of carbonyl (C=O) groups excluding carboxylic acids is 3. The van der Waals surface area contributed by atoms with Crippen LogP contribution < -0.4 is 0 Å². The fraction of sp³-hybridized carbons (Fsp3) is 0.364. The molecule has 1 amide bonds. The third-order valence-electron chi connectivity index (χ3n) is 2.49. The fourth-order valence-electron chi connectivity index (χ4n) is 1.42. The molecule has 0 aliphatic rings. The Kier molecular flexibility index (Phi) is 5.40. The number of hydrogen-bond donors (Lipinski definition) is 1.